The van der Waals surface area contributed by atoms with Crippen LogP contribution in [0.1, 0.15) is 29.6 Å². The van der Waals surface area contributed by atoms with Crippen molar-refractivity contribution in [2.75, 3.05) is 0 Å². The van der Waals surface area contributed by atoms with Crippen molar-refractivity contribution in [2.24, 2.45) is 0 Å². The van der Waals surface area contributed by atoms with Gasteiger partial charge >= 0.3 is 0 Å². The number of nitrogens with zero attached hydrogens (tertiary/aromatic N) is 4. The number of carbonyl (C=O) groups excluding carboxylic acids is 1. The van der Waals surface area contributed by atoms with Crippen LogP contribution in [0.5, 0.6) is 0 Å². The summed E-state index contributed by atoms with van der Waals surface area (Å²) in [5.41, 5.74) is 0.295. The summed E-state index contributed by atoms with van der Waals surface area (Å²) in [5.74, 6) is -0.231. The zero-order valence-electron chi connectivity index (χ0n) is 15.8. The standard InChI is InChI=1S/C20H13ClFN5O2S2/c21-10-5-13(30-8-10)11-1-2-12-19(18(11)22)31-17(24-12)7-16-27-26-15(29-16)6-14(28)25-20(9-23)3-4-20/h1-2,5,8H,3-4,6-7H2,(H,25,28). The minimum atomic E-state index is -0.738. The SMILES string of the molecule is N#CC1(NC(=O)Cc2nnc(Cc3nc4ccc(-c5cc(Cl)cs5)c(F)c4s3)o2)CC1. The van der Waals surface area contributed by atoms with E-state index in [1.165, 1.54) is 22.7 Å². The lowest BCUT2D eigenvalue weighted by atomic mass is 10.1. The molecule has 1 saturated carbocycles. The van der Waals surface area contributed by atoms with E-state index in [4.69, 9.17) is 21.3 Å². The van der Waals surface area contributed by atoms with E-state index in [-0.39, 0.29) is 36.3 Å². The average molecular weight is 474 g/mol. The fraction of sp³-hybridized carbons (Fsp3) is 0.250. The molecule has 0 saturated heterocycles. The van der Waals surface area contributed by atoms with E-state index in [2.05, 4.69) is 26.6 Å². The zero-order chi connectivity index (χ0) is 21.6. The number of nitriles is 1. The maximum absolute atomic E-state index is 15.0. The molecule has 31 heavy (non-hydrogen) atoms. The maximum atomic E-state index is 15.0. The number of nitrogens with one attached hydrogen (secondary N) is 1. The molecule has 5 rings (SSSR count). The third-order valence-electron chi connectivity index (χ3n) is 4.84. The van der Waals surface area contributed by atoms with Gasteiger partial charge in [-0.1, -0.05) is 11.6 Å². The first-order valence-corrected chi connectivity index (χ1v) is 11.4. The molecule has 1 aliphatic rings. The van der Waals surface area contributed by atoms with Crippen molar-refractivity contribution in [1.29, 1.82) is 5.26 Å². The monoisotopic (exact) mass is 473 g/mol. The molecule has 0 atom stereocenters. The van der Waals surface area contributed by atoms with Crippen LogP contribution in [0.25, 0.3) is 20.7 Å². The first kappa shape index (κ1) is 20.1. The van der Waals surface area contributed by atoms with Gasteiger partial charge < -0.3 is 9.73 Å². The molecule has 3 aromatic heterocycles. The van der Waals surface area contributed by atoms with Crippen molar-refractivity contribution in [2.45, 2.75) is 31.2 Å². The molecule has 1 aromatic carbocycles. The van der Waals surface area contributed by atoms with E-state index in [9.17, 15) is 4.79 Å². The van der Waals surface area contributed by atoms with Crippen LogP contribution in [0.4, 0.5) is 4.39 Å². The van der Waals surface area contributed by atoms with Gasteiger partial charge in [0.15, 0.2) is 5.82 Å². The highest BCUT2D eigenvalue weighted by molar-refractivity contribution is 7.18. The molecular formula is C20H13ClFN5O2S2. The molecule has 156 valence electrons. The largest absolute Gasteiger partial charge is 0.424 e. The number of aromatic nitrogens is 3. The first-order chi connectivity index (χ1) is 14.9. The predicted octanol–water partition coefficient (Wildman–Crippen LogP) is 4.51. The van der Waals surface area contributed by atoms with Gasteiger partial charge in [0.25, 0.3) is 0 Å². The summed E-state index contributed by atoms with van der Waals surface area (Å²) >= 11 is 8.56. The van der Waals surface area contributed by atoms with E-state index in [0.717, 1.165) is 4.88 Å². The van der Waals surface area contributed by atoms with Crippen molar-refractivity contribution in [3.63, 3.8) is 0 Å². The number of halogens is 2. The Morgan fingerprint density at radius 3 is 2.87 bits per heavy atom. The van der Waals surface area contributed by atoms with E-state index >= 15 is 4.39 Å². The molecule has 4 aromatic rings. The molecule has 7 nitrogen and oxygen atoms in total. The smallest absolute Gasteiger partial charge is 0.230 e. The number of thiazole rings is 1. The number of benzene rings is 1. The second kappa shape index (κ2) is 7.67. The molecule has 1 amide bonds. The summed E-state index contributed by atoms with van der Waals surface area (Å²) in [6, 6.07) is 7.30. The van der Waals surface area contributed by atoms with Gasteiger partial charge in [-0.15, -0.1) is 32.9 Å². The normalized spacial score (nSPS) is 14.5. The lowest BCUT2D eigenvalue weighted by Crippen LogP contribution is -2.36. The Morgan fingerprint density at radius 2 is 2.16 bits per heavy atom. The van der Waals surface area contributed by atoms with Crippen LogP contribution in [-0.4, -0.2) is 26.6 Å². The molecule has 1 fully saturated rings. The van der Waals surface area contributed by atoms with Crippen LogP contribution in [0.2, 0.25) is 5.02 Å². The highest BCUT2D eigenvalue weighted by Crippen LogP contribution is 2.37. The molecule has 1 aliphatic carbocycles. The Labute approximate surface area is 188 Å². The summed E-state index contributed by atoms with van der Waals surface area (Å²) < 4.78 is 21.0. The van der Waals surface area contributed by atoms with Crippen molar-refractivity contribution in [3.8, 4) is 16.5 Å². The minimum Gasteiger partial charge on any atom is -0.424 e. The molecule has 0 unspecified atom stereocenters. The number of fused-ring (bicyclic) bond motifs is 1. The molecule has 0 aliphatic heterocycles. The predicted molar refractivity (Wildman–Crippen MR) is 114 cm³/mol. The van der Waals surface area contributed by atoms with Crippen LogP contribution in [0, 0.1) is 17.1 Å². The van der Waals surface area contributed by atoms with Gasteiger partial charge in [0.05, 0.1) is 27.7 Å². The number of thiophene rings is 1. The van der Waals surface area contributed by atoms with E-state index in [1.54, 1.807) is 23.6 Å². The van der Waals surface area contributed by atoms with Gasteiger partial charge in [0.1, 0.15) is 17.0 Å². The minimum absolute atomic E-state index is 0.0996. The van der Waals surface area contributed by atoms with Gasteiger partial charge in [0.2, 0.25) is 17.7 Å². The Hall–Kier alpha value is -2.87. The van der Waals surface area contributed by atoms with Gasteiger partial charge in [-0.05, 0) is 31.0 Å². The second-order valence-electron chi connectivity index (χ2n) is 7.20. The molecule has 0 radical (unpaired) electrons. The lowest BCUT2D eigenvalue weighted by molar-refractivity contribution is -0.121. The average Bonchev–Trinajstić information content (AvgIpc) is 3.07. The summed E-state index contributed by atoms with van der Waals surface area (Å²) in [4.78, 5) is 17.3. The third kappa shape index (κ3) is 4.04. The van der Waals surface area contributed by atoms with Crippen LogP contribution in [-0.2, 0) is 17.6 Å². The summed E-state index contributed by atoms with van der Waals surface area (Å²) in [5, 5.41) is 22.5. The quantitative estimate of drug-likeness (QED) is 0.442. The highest BCUT2D eigenvalue weighted by atomic mass is 35.5. The van der Waals surface area contributed by atoms with E-state index in [1.807, 2.05) is 0 Å². The molecule has 0 spiro atoms. The van der Waals surface area contributed by atoms with Crippen molar-refractivity contribution < 1.29 is 13.6 Å². The van der Waals surface area contributed by atoms with E-state index in [0.29, 0.717) is 38.7 Å². The van der Waals surface area contributed by atoms with Gasteiger partial charge in [-0.3, -0.25) is 4.79 Å². The lowest BCUT2D eigenvalue weighted by Gasteiger charge is -2.06. The zero-order valence-corrected chi connectivity index (χ0v) is 18.2. The Bertz CT molecular complexity index is 1350. The number of hydrogen-bond acceptors (Lipinski definition) is 8. The fourth-order valence-corrected chi connectivity index (χ4v) is 5.21. The van der Waals surface area contributed by atoms with Crippen molar-refractivity contribution in [3.05, 3.63) is 51.2 Å². The topological polar surface area (TPSA) is 105 Å². The Balaban J connectivity index is 1.31. The summed E-state index contributed by atoms with van der Waals surface area (Å²) in [7, 11) is 0. The van der Waals surface area contributed by atoms with Crippen LogP contribution >= 0.6 is 34.3 Å². The Kier molecular flexibility index (Phi) is 4.97. The molecule has 0 bridgehead atoms. The molecule has 1 N–H and O–H groups in total. The summed E-state index contributed by atoms with van der Waals surface area (Å²) in [6.45, 7) is 0. The number of hydrogen-bond donors (Lipinski definition) is 1. The first-order valence-electron chi connectivity index (χ1n) is 9.30. The molecular weight excluding hydrogens is 461 g/mol. The molecule has 3 heterocycles. The number of carbonyl (C=O) groups is 1. The van der Waals surface area contributed by atoms with Crippen LogP contribution in [0.15, 0.2) is 28.0 Å². The van der Waals surface area contributed by atoms with Gasteiger partial charge in [-0.2, -0.15) is 5.26 Å². The fourth-order valence-electron chi connectivity index (χ4n) is 3.12. The maximum Gasteiger partial charge on any atom is 0.230 e. The Morgan fingerprint density at radius 1 is 1.35 bits per heavy atom. The van der Waals surface area contributed by atoms with Gasteiger partial charge in [-0.25, -0.2) is 9.37 Å². The number of amides is 1. The van der Waals surface area contributed by atoms with E-state index < -0.39 is 5.54 Å². The van der Waals surface area contributed by atoms with Crippen molar-refractivity contribution in [1.82, 2.24) is 20.5 Å². The third-order valence-corrected chi connectivity index (χ3v) is 7.21. The highest BCUT2D eigenvalue weighted by Gasteiger charge is 2.44. The van der Waals surface area contributed by atoms with Crippen molar-refractivity contribution >= 4 is 50.4 Å². The van der Waals surface area contributed by atoms with Gasteiger partial charge in [0, 0.05) is 15.8 Å². The summed E-state index contributed by atoms with van der Waals surface area (Å²) in [6.07, 6.45) is 1.44. The van der Waals surface area contributed by atoms with Crippen LogP contribution < -0.4 is 5.32 Å². The molecule has 11 heteroatoms. The second-order valence-corrected chi connectivity index (χ2v) is 9.63. The van der Waals surface area contributed by atoms with Crippen LogP contribution in [0.3, 0.4) is 0 Å². The number of rotatable bonds is 6.